The van der Waals surface area contributed by atoms with Crippen LogP contribution in [0.1, 0.15) is 27.1 Å². The first-order valence-electron chi connectivity index (χ1n) is 8.76. The molecule has 28 heavy (non-hydrogen) atoms. The van der Waals surface area contributed by atoms with Crippen molar-refractivity contribution >= 4 is 34.3 Å². The number of nitrogens with zero attached hydrogens (tertiary/aromatic N) is 2. The maximum atomic E-state index is 12.4. The van der Waals surface area contributed by atoms with Gasteiger partial charge in [-0.1, -0.05) is 12.1 Å². The number of anilines is 1. The zero-order valence-corrected chi connectivity index (χ0v) is 15.1. The number of rotatable bonds is 5. The highest BCUT2D eigenvalue weighted by atomic mass is 16.5. The van der Waals surface area contributed by atoms with Gasteiger partial charge in [0.2, 0.25) is 5.91 Å². The molecule has 0 saturated heterocycles. The van der Waals surface area contributed by atoms with Crippen LogP contribution in [0.3, 0.4) is 0 Å². The number of hydrogen-bond donors (Lipinski definition) is 1. The normalized spacial score (nSPS) is 13.0. The summed E-state index contributed by atoms with van der Waals surface area (Å²) < 4.78 is 5.23. The van der Waals surface area contributed by atoms with Crippen molar-refractivity contribution in [3.8, 4) is 5.75 Å². The molecule has 0 radical (unpaired) electrons. The van der Waals surface area contributed by atoms with Gasteiger partial charge in [0.05, 0.1) is 29.4 Å². The summed E-state index contributed by atoms with van der Waals surface area (Å²) >= 11 is 0. The number of nitrogens with one attached hydrogen (secondary N) is 1. The van der Waals surface area contributed by atoms with Gasteiger partial charge in [-0.05, 0) is 36.4 Å². The van der Waals surface area contributed by atoms with Gasteiger partial charge in [0, 0.05) is 24.5 Å². The van der Waals surface area contributed by atoms with Crippen LogP contribution in [0, 0.1) is 0 Å². The average molecular weight is 375 g/mol. The summed E-state index contributed by atoms with van der Waals surface area (Å²) in [5.74, 6) is -0.381. The molecule has 7 nitrogen and oxygen atoms in total. The first-order valence-corrected chi connectivity index (χ1v) is 8.76. The van der Waals surface area contributed by atoms with Gasteiger partial charge >= 0.3 is 0 Å². The zero-order valence-electron chi connectivity index (χ0n) is 15.1. The van der Waals surface area contributed by atoms with Crippen LogP contribution in [0.2, 0.25) is 0 Å². The van der Waals surface area contributed by atoms with Gasteiger partial charge < -0.3 is 10.1 Å². The Hall–Kier alpha value is -3.74. The molecule has 0 spiro atoms. The number of amides is 3. The third kappa shape index (κ3) is 3.07. The Labute approximate surface area is 160 Å². The highest BCUT2D eigenvalue weighted by Gasteiger charge is 2.34. The molecular formula is C21H17N3O4. The summed E-state index contributed by atoms with van der Waals surface area (Å²) in [6.07, 6.45) is 1.60. The van der Waals surface area contributed by atoms with E-state index in [1.807, 2.05) is 6.07 Å². The van der Waals surface area contributed by atoms with Gasteiger partial charge in [0.15, 0.2) is 0 Å². The number of carbonyl (C=O) groups excluding carboxylic acids is 3. The lowest BCUT2D eigenvalue weighted by molar-refractivity contribution is -0.116. The fraction of sp³-hybridized carbons (Fsp3) is 0.143. The second kappa shape index (κ2) is 7.11. The quantitative estimate of drug-likeness (QED) is 0.693. The summed E-state index contributed by atoms with van der Waals surface area (Å²) in [6, 6.07) is 13.7. The predicted octanol–water partition coefficient (Wildman–Crippen LogP) is 2.87. The second-order valence-electron chi connectivity index (χ2n) is 6.35. The maximum absolute atomic E-state index is 12.4. The molecule has 2 aromatic carbocycles. The molecule has 7 heteroatoms. The molecule has 140 valence electrons. The SMILES string of the molecule is COc1ccc2nccc(NC(=O)CCN3C(=O)c4ccccc4C3=O)c2c1. The van der Waals surface area contributed by atoms with E-state index in [1.54, 1.807) is 55.8 Å². The molecule has 4 rings (SSSR count). The Morgan fingerprint density at radius 2 is 1.79 bits per heavy atom. The molecule has 1 aliphatic rings. The van der Waals surface area contributed by atoms with Crippen molar-refractivity contribution in [1.29, 1.82) is 0 Å². The zero-order chi connectivity index (χ0) is 19.7. The minimum atomic E-state index is -0.368. The summed E-state index contributed by atoms with van der Waals surface area (Å²) in [7, 11) is 1.57. The minimum Gasteiger partial charge on any atom is -0.497 e. The van der Waals surface area contributed by atoms with E-state index in [4.69, 9.17) is 4.74 Å². The average Bonchev–Trinajstić information content (AvgIpc) is 2.97. The van der Waals surface area contributed by atoms with Gasteiger partial charge in [-0.25, -0.2) is 0 Å². The van der Waals surface area contributed by atoms with Crippen molar-refractivity contribution in [3.05, 3.63) is 65.9 Å². The second-order valence-corrected chi connectivity index (χ2v) is 6.35. The van der Waals surface area contributed by atoms with E-state index >= 15 is 0 Å². The van der Waals surface area contributed by atoms with E-state index in [9.17, 15) is 14.4 Å². The van der Waals surface area contributed by atoms with E-state index in [0.717, 1.165) is 15.8 Å². The van der Waals surface area contributed by atoms with Crippen LogP contribution in [-0.4, -0.2) is 41.3 Å². The molecule has 0 fully saturated rings. The van der Waals surface area contributed by atoms with Crippen LogP contribution in [-0.2, 0) is 4.79 Å². The Bertz CT molecular complexity index is 1070. The van der Waals surface area contributed by atoms with Gasteiger partial charge in [-0.15, -0.1) is 0 Å². The fourth-order valence-corrected chi connectivity index (χ4v) is 3.23. The monoisotopic (exact) mass is 375 g/mol. The van der Waals surface area contributed by atoms with Gasteiger partial charge in [-0.3, -0.25) is 24.3 Å². The van der Waals surface area contributed by atoms with E-state index in [1.165, 1.54) is 0 Å². The summed E-state index contributed by atoms with van der Waals surface area (Å²) in [5.41, 5.74) is 2.07. The Morgan fingerprint density at radius 1 is 1.07 bits per heavy atom. The van der Waals surface area contributed by atoms with E-state index in [2.05, 4.69) is 10.3 Å². The van der Waals surface area contributed by atoms with Crippen LogP contribution in [0.5, 0.6) is 5.75 Å². The van der Waals surface area contributed by atoms with Crippen LogP contribution < -0.4 is 10.1 Å². The molecule has 3 aromatic rings. The van der Waals surface area contributed by atoms with Crippen molar-refractivity contribution in [2.24, 2.45) is 0 Å². The number of ether oxygens (including phenoxy) is 1. The van der Waals surface area contributed by atoms with Crippen molar-refractivity contribution in [2.75, 3.05) is 19.0 Å². The first kappa shape index (κ1) is 17.7. The maximum Gasteiger partial charge on any atom is 0.261 e. The molecule has 1 aromatic heterocycles. The van der Waals surface area contributed by atoms with E-state index < -0.39 is 0 Å². The summed E-state index contributed by atoms with van der Waals surface area (Å²) in [6.45, 7) is 0.0184. The lowest BCUT2D eigenvalue weighted by Crippen LogP contribution is -2.32. The Balaban J connectivity index is 1.47. The number of benzene rings is 2. The third-order valence-electron chi connectivity index (χ3n) is 4.66. The first-order chi connectivity index (χ1) is 13.6. The van der Waals surface area contributed by atoms with Gasteiger partial charge in [0.25, 0.3) is 11.8 Å². The standard InChI is InChI=1S/C21H17N3O4/c1-28-13-6-7-17-16(12-13)18(8-10-22-17)23-19(25)9-11-24-20(26)14-4-2-3-5-15(14)21(24)27/h2-8,10,12H,9,11H2,1H3,(H,22,23,25). The highest BCUT2D eigenvalue weighted by Crippen LogP contribution is 2.26. The van der Waals surface area contributed by atoms with E-state index in [0.29, 0.717) is 22.6 Å². The molecule has 0 bridgehead atoms. The van der Waals surface area contributed by atoms with Crippen molar-refractivity contribution in [3.63, 3.8) is 0 Å². The molecule has 2 heterocycles. The van der Waals surface area contributed by atoms with Gasteiger partial charge in [-0.2, -0.15) is 0 Å². The van der Waals surface area contributed by atoms with Crippen molar-refractivity contribution < 1.29 is 19.1 Å². The van der Waals surface area contributed by atoms with E-state index in [-0.39, 0.29) is 30.7 Å². The topological polar surface area (TPSA) is 88.6 Å². The van der Waals surface area contributed by atoms with Crippen LogP contribution >= 0.6 is 0 Å². The third-order valence-corrected chi connectivity index (χ3v) is 4.66. The number of aromatic nitrogens is 1. The molecule has 3 amide bonds. The fourth-order valence-electron chi connectivity index (χ4n) is 3.23. The number of pyridine rings is 1. The predicted molar refractivity (Wildman–Crippen MR) is 103 cm³/mol. The largest absolute Gasteiger partial charge is 0.497 e. The van der Waals surface area contributed by atoms with Crippen LogP contribution in [0.25, 0.3) is 10.9 Å². The van der Waals surface area contributed by atoms with Crippen LogP contribution in [0.4, 0.5) is 5.69 Å². The summed E-state index contributed by atoms with van der Waals surface area (Å²) in [5, 5.41) is 3.57. The number of fused-ring (bicyclic) bond motifs is 2. The number of hydrogen-bond acceptors (Lipinski definition) is 5. The van der Waals surface area contributed by atoms with Crippen molar-refractivity contribution in [2.45, 2.75) is 6.42 Å². The van der Waals surface area contributed by atoms with Crippen LogP contribution in [0.15, 0.2) is 54.7 Å². The molecule has 1 N–H and O–H groups in total. The molecule has 1 aliphatic heterocycles. The lowest BCUT2D eigenvalue weighted by Gasteiger charge is -2.14. The highest BCUT2D eigenvalue weighted by molar-refractivity contribution is 6.21. The molecule has 0 unspecified atom stereocenters. The number of methoxy groups -OCH3 is 1. The molecule has 0 saturated carbocycles. The summed E-state index contributed by atoms with van der Waals surface area (Å²) in [4.78, 5) is 42.6. The molecule has 0 atom stereocenters. The lowest BCUT2D eigenvalue weighted by atomic mass is 10.1. The Kier molecular flexibility index (Phi) is 4.49. The Morgan fingerprint density at radius 3 is 2.46 bits per heavy atom. The number of carbonyl (C=O) groups is 3. The van der Waals surface area contributed by atoms with Gasteiger partial charge in [0.1, 0.15) is 5.75 Å². The number of imide groups is 1. The molecule has 0 aliphatic carbocycles. The smallest absolute Gasteiger partial charge is 0.261 e. The molecular weight excluding hydrogens is 358 g/mol. The van der Waals surface area contributed by atoms with Crippen molar-refractivity contribution in [1.82, 2.24) is 9.88 Å². The minimum absolute atomic E-state index is 0.000741.